The van der Waals surface area contributed by atoms with Crippen molar-refractivity contribution < 1.29 is 57.3 Å². The number of rotatable bonds is 6. The van der Waals surface area contributed by atoms with E-state index in [1.54, 1.807) is 0 Å². The molecule has 0 aromatic heterocycles. The van der Waals surface area contributed by atoms with Crippen molar-refractivity contribution in [3.63, 3.8) is 0 Å². The number of benzene rings is 4. The van der Waals surface area contributed by atoms with Gasteiger partial charge in [-0.25, -0.2) is 10.3 Å². The van der Waals surface area contributed by atoms with Gasteiger partial charge < -0.3 is 5.32 Å². The lowest BCUT2D eigenvalue weighted by molar-refractivity contribution is -0.471. The van der Waals surface area contributed by atoms with E-state index in [9.17, 15) is 52.7 Å². The molecule has 2 aliphatic rings. The second-order valence-corrected chi connectivity index (χ2v) is 16.8. The van der Waals surface area contributed by atoms with E-state index < -0.39 is 75.0 Å². The summed E-state index contributed by atoms with van der Waals surface area (Å²) in [7, 11) is 8.28. The van der Waals surface area contributed by atoms with Gasteiger partial charge in [-0.05, 0) is 25.7 Å². The number of halogens is 12. The second kappa shape index (κ2) is 20.3. The maximum Gasteiger partial charge on any atom is 0.416 e. The predicted octanol–water partition coefficient (Wildman–Crippen LogP) is 9.52. The fraction of sp³-hybridized carbons (Fsp3) is 0.435. The number of hydrogen-bond acceptors (Lipinski definition) is 1. The van der Waals surface area contributed by atoms with Crippen LogP contribution < -0.4 is 32.5 Å². The maximum atomic E-state index is 13.8. The van der Waals surface area contributed by atoms with E-state index in [-0.39, 0.29) is 0 Å². The Hall–Kier alpha value is -5.16. The fourth-order valence-corrected chi connectivity index (χ4v) is 8.76. The first-order chi connectivity index (χ1) is 29.9. The van der Waals surface area contributed by atoms with E-state index in [1.807, 2.05) is 0 Å². The van der Waals surface area contributed by atoms with Crippen LogP contribution in [-0.4, -0.2) is 67.8 Å². The molecule has 2 N–H and O–H groups in total. The summed E-state index contributed by atoms with van der Waals surface area (Å²) >= 11 is 0. The van der Waals surface area contributed by atoms with Gasteiger partial charge in [0, 0.05) is 6.04 Å². The summed E-state index contributed by atoms with van der Waals surface area (Å²) in [6, 6.07) is 13.4. The van der Waals surface area contributed by atoms with Crippen molar-refractivity contribution in [2.24, 2.45) is 4.99 Å². The van der Waals surface area contributed by atoms with E-state index in [4.69, 9.17) is 4.99 Å². The lowest BCUT2D eigenvalue weighted by Crippen LogP contribution is -2.75. The van der Waals surface area contributed by atoms with Crippen LogP contribution in [-0.2, 0) is 24.7 Å². The number of aliphatic imine (C=N–C) groups is 1. The molecule has 64 heavy (non-hydrogen) atoms. The third-order valence-corrected chi connectivity index (χ3v) is 11.8. The number of nitrogens with one attached hydrogen (secondary N) is 2. The number of alkyl halides is 12. The predicted molar refractivity (Wildman–Crippen MR) is 228 cm³/mol. The first-order valence-corrected chi connectivity index (χ1v) is 21.1. The second-order valence-electron chi connectivity index (χ2n) is 16.8. The van der Waals surface area contributed by atoms with Gasteiger partial charge in [0.15, 0.2) is 0 Å². The average molecular weight is 914 g/mol. The van der Waals surface area contributed by atoms with Crippen molar-refractivity contribution in [2.45, 2.75) is 101 Å². The van der Waals surface area contributed by atoms with Gasteiger partial charge in [0.05, 0.1) is 56.5 Å². The van der Waals surface area contributed by atoms with E-state index in [1.165, 1.54) is 64.2 Å². The van der Waals surface area contributed by atoms with Crippen LogP contribution in [0.4, 0.5) is 52.7 Å². The summed E-state index contributed by atoms with van der Waals surface area (Å²) in [5.74, 6) is 2.05. The molecule has 4 aromatic carbocycles. The number of guanidine groups is 2. The van der Waals surface area contributed by atoms with Crippen molar-refractivity contribution in [2.75, 3.05) is 28.2 Å². The molecular weight excluding hydrogens is 861 g/mol. The highest BCUT2D eigenvalue weighted by Crippen LogP contribution is 2.33. The zero-order chi connectivity index (χ0) is 47.1. The summed E-state index contributed by atoms with van der Waals surface area (Å²) in [6.07, 6.45) is -10.4. The molecule has 0 amide bonds. The highest BCUT2D eigenvalue weighted by molar-refractivity contribution is 7.20. The van der Waals surface area contributed by atoms with Crippen molar-refractivity contribution in [3.05, 3.63) is 119 Å². The average Bonchev–Trinajstić information content (AvgIpc) is 3.23. The van der Waals surface area contributed by atoms with E-state index >= 15 is 0 Å². The fourth-order valence-electron chi connectivity index (χ4n) is 8.76. The molecule has 4 aromatic rings. The molecule has 2 aliphatic carbocycles. The van der Waals surface area contributed by atoms with Gasteiger partial charge >= 0.3 is 30.7 Å². The van der Waals surface area contributed by atoms with Crippen LogP contribution in [0.25, 0.3) is 0 Å². The molecule has 18 heteroatoms. The van der Waals surface area contributed by atoms with Crippen LogP contribution >= 0.6 is 0 Å². The van der Waals surface area contributed by atoms with Crippen LogP contribution in [0.15, 0.2) is 102 Å². The summed E-state index contributed by atoms with van der Waals surface area (Å²) in [6.45, 7) is 0. The molecule has 0 atom stereocenters. The lowest BCUT2D eigenvalue weighted by Gasteiger charge is -2.45. The maximum absolute atomic E-state index is 13.8. The summed E-state index contributed by atoms with van der Waals surface area (Å²) in [5, 5.41) is 7.26. The Labute approximate surface area is 365 Å². The molecule has 0 unspecified atom stereocenters. The number of hydrogen-bond donors (Lipinski definition) is 2. The Morgan fingerprint density at radius 1 is 0.531 bits per heavy atom. The quantitative estimate of drug-likeness (QED) is 0.0667. The molecule has 2 fully saturated rings. The van der Waals surface area contributed by atoms with Crippen LogP contribution in [0.1, 0.15) is 86.5 Å². The molecule has 0 heterocycles. The molecular formula is C46H52BF12N5. The molecule has 0 saturated heterocycles. The Morgan fingerprint density at radius 2 is 0.859 bits per heavy atom. The minimum absolute atomic E-state index is 0.446. The molecule has 5 nitrogen and oxygen atoms in total. The third kappa shape index (κ3) is 12.6. The summed E-state index contributed by atoms with van der Waals surface area (Å²) in [4.78, 5) is 7.16. The standard InChI is InChI=1S/C28H16BF12.C18H35N5/c30-25(31,32)17-5-1-9-21(13-17)29(22-10-2-6-18(14-22)26(33,34)35,23-11-3-7-19(15-23)27(36,37)38)24-12-4-8-20(16-24)28(39,40)41;1-22(2)18(23(3)4)21-17(19-15-11-7-5-8-12-15)20-16-13-9-6-10-14-16/h1-16H;15-16H,5-14H2,1-4H3,(H,19,20)/q-1;/p+1. The van der Waals surface area contributed by atoms with Crippen LogP contribution in [0.5, 0.6) is 0 Å². The Balaban J connectivity index is 0.000000283. The molecule has 0 radical (unpaired) electrons. The Bertz CT molecular complexity index is 1990. The Kier molecular flexibility index (Phi) is 15.9. The SMILES string of the molecule is CN(C)C(NC(=NC1CCCCC1)NC1CCCCC1)=[N+](C)C.FC(F)(F)c1cccc([B-](c2cccc(C(F)(F)F)c2)(c2cccc(C(F)(F)F)c2)c2cccc(C(F)(F)F)c2)c1. The van der Waals surface area contributed by atoms with Gasteiger partial charge in [-0.3, -0.25) is 9.48 Å². The summed E-state index contributed by atoms with van der Waals surface area (Å²) in [5.41, 5.74) is -6.98. The smallest absolute Gasteiger partial charge is 0.340 e. The van der Waals surface area contributed by atoms with Crippen LogP contribution in [0, 0.1) is 0 Å². The van der Waals surface area contributed by atoms with Gasteiger partial charge in [0.25, 0.3) is 5.96 Å². The normalized spacial score (nSPS) is 16.1. The van der Waals surface area contributed by atoms with E-state index in [0.717, 1.165) is 60.5 Å². The zero-order valence-electron chi connectivity index (χ0n) is 35.9. The zero-order valence-corrected chi connectivity index (χ0v) is 35.9. The first kappa shape index (κ1) is 49.9. The summed E-state index contributed by atoms with van der Waals surface area (Å²) < 4.78 is 168. The van der Waals surface area contributed by atoms with Crippen molar-refractivity contribution in [1.29, 1.82) is 0 Å². The minimum Gasteiger partial charge on any atom is -0.340 e. The largest absolute Gasteiger partial charge is 0.416 e. The van der Waals surface area contributed by atoms with Crippen LogP contribution in [0.3, 0.4) is 0 Å². The molecule has 0 bridgehead atoms. The van der Waals surface area contributed by atoms with Gasteiger partial charge in [0.1, 0.15) is 6.15 Å². The molecule has 0 spiro atoms. The van der Waals surface area contributed by atoms with Gasteiger partial charge in [-0.15, -0.1) is 0 Å². The highest BCUT2D eigenvalue weighted by atomic mass is 19.4. The van der Waals surface area contributed by atoms with Crippen molar-refractivity contribution in [1.82, 2.24) is 15.5 Å². The minimum atomic E-state index is -4.99. The monoisotopic (exact) mass is 913 g/mol. The molecule has 2 saturated carbocycles. The topological polar surface area (TPSA) is 42.7 Å². The van der Waals surface area contributed by atoms with Crippen molar-refractivity contribution >= 4 is 39.9 Å². The van der Waals surface area contributed by atoms with E-state index in [2.05, 4.69) is 48.3 Å². The molecule has 0 aliphatic heterocycles. The number of nitrogens with zero attached hydrogens (tertiary/aromatic N) is 3. The lowest BCUT2D eigenvalue weighted by atomic mass is 9.13. The van der Waals surface area contributed by atoms with Gasteiger partial charge in [-0.2, -0.15) is 74.5 Å². The molecule has 6 rings (SSSR count). The Morgan fingerprint density at radius 3 is 1.16 bits per heavy atom. The first-order valence-electron chi connectivity index (χ1n) is 21.1. The molecule has 348 valence electrons. The van der Waals surface area contributed by atoms with Gasteiger partial charge in [-0.1, -0.05) is 136 Å². The highest BCUT2D eigenvalue weighted by Gasteiger charge is 2.40. The van der Waals surface area contributed by atoms with Crippen molar-refractivity contribution in [3.8, 4) is 0 Å². The van der Waals surface area contributed by atoms with Gasteiger partial charge in [0.2, 0.25) is 0 Å². The third-order valence-electron chi connectivity index (χ3n) is 11.8. The van der Waals surface area contributed by atoms with Crippen LogP contribution in [0.2, 0.25) is 0 Å². The van der Waals surface area contributed by atoms with E-state index in [0.29, 0.717) is 60.6 Å².